The first-order valence-corrected chi connectivity index (χ1v) is 10.7. The molecular formula is C22H30S2. The van der Waals surface area contributed by atoms with Crippen molar-refractivity contribution in [3.05, 3.63) is 58.7 Å². The van der Waals surface area contributed by atoms with Crippen molar-refractivity contribution in [2.45, 2.75) is 76.0 Å². The molecule has 0 radical (unpaired) electrons. The van der Waals surface area contributed by atoms with Crippen molar-refractivity contribution < 1.29 is 0 Å². The van der Waals surface area contributed by atoms with Gasteiger partial charge >= 0.3 is 0 Å². The van der Waals surface area contributed by atoms with Crippen LogP contribution in [-0.4, -0.2) is 0 Å². The molecule has 2 aromatic carbocycles. The van der Waals surface area contributed by atoms with Gasteiger partial charge in [0.25, 0.3) is 0 Å². The third-order valence-corrected chi connectivity index (χ3v) is 6.98. The second kappa shape index (κ2) is 7.17. The molecule has 0 unspecified atom stereocenters. The van der Waals surface area contributed by atoms with Crippen LogP contribution in [0.4, 0.5) is 0 Å². The molecular weight excluding hydrogens is 328 g/mol. The van der Waals surface area contributed by atoms with Gasteiger partial charge in [-0.25, -0.2) is 0 Å². The maximum absolute atomic E-state index is 2.36. The van der Waals surface area contributed by atoms with Crippen LogP contribution in [-0.2, 0) is 10.8 Å². The molecule has 0 atom stereocenters. The highest BCUT2D eigenvalue weighted by atomic mass is 33.1. The smallest absolute Gasteiger partial charge is 0.0218 e. The quantitative estimate of drug-likeness (QED) is 0.515. The summed E-state index contributed by atoms with van der Waals surface area (Å²) in [5.74, 6) is 0. The Morgan fingerprint density at radius 2 is 0.917 bits per heavy atom. The minimum atomic E-state index is 0.190. The lowest BCUT2D eigenvalue weighted by atomic mass is 9.87. The summed E-state index contributed by atoms with van der Waals surface area (Å²) in [5, 5.41) is 0. The van der Waals surface area contributed by atoms with E-state index in [1.165, 1.54) is 32.0 Å². The molecule has 0 saturated heterocycles. The average Bonchev–Trinajstić information content (AvgIpc) is 2.45. The van der Waals surface area contributed by atoms with Gasteiger partial charge in [0, 0.05) is 9.79 Å². The van der Waals surface area contributed by atoms with Gasteiger partial charge in [-0.1, -0.05) is 87.4 Å². The maximum Gasteiger partial charge on any atom is 0.0218 e. The SMILES string of the molecule is Cc1ccc(C(C)(C)C)cc1SSc1cc(C(C)(C)C)ccc1C. The first-order valence-electron chi connectivity index (χ1n) is 8.55. The molecule has 0 spiro atoms. The summed E-state index contributed by atoms with van der Waals surface area (Å²) in [4.78, 5) is 2.74. The van der Waals surface area contributed by atoms with Crippen LogP contribution in [0.1, 0.15) is 63.8 Å². The van der Waals surface area contributed by atoms with Crippen LogP contribution in [0.3, 0.4) is 0 Å². The Morgan fingerprint density at radius 1 is 0.583 bits per heavy atom. The molecule has 0 aliphatic rings. The normalized spacial score (nSPS) is 12.5. The highest BCUT2D eigenvalue weighted by Gasteiger charge is 2.17. The molecule has 0 amide bonds. The predicted octanol–water partition coefficient (Wildman–Crippen LogP) is 7.70. The zero-order valence-electron chi connectivity index (χ0n) is 16.3. The molecule has 0 aromatic heterocycles. The Kier molecular flexibility index (Phi) is 5.82. The largest absolute Gasteiger partial charge is 0.0582 e. The van der Waals surface area contributed by atoms with Gasteiger partial charge in [0.2, 0.25) is 0 Å². The number of hydrogen-bond acceptors (Lipinski definition) is 2. The first-order chi connectivity index (χ1) is 11.0. The van der Waals surface area contributed by atoms with Crippen molar-refractivity contribution in [1.82, 2.24) is 0 Å². The van der Waals surface area contributed by atoms with Crippen molar-refractivity contribution in [3.8, 4) is 0 Å². The standard InChI is InChI=1S/C22H30S2/c1-15-9-11-17(21(3,4)5)13-19(15)23-24-20-14-18(22(6,7)8)12-10-16(20)2/h9-14H,1-8H3. The molecule has 2 rings (SSSR count). The first kappa shape index (κ1) is 19.5. The molecule has 0 N–H and O–H groups in total. The van der Waals surface area contributed by atoms with E-state index in [1.54, 1.807) is 0 Å². The highest BCUT2D eigenvalue weighted by Crippen LogP contribution is 2.42. The summed E-state index contributed by atoms with van der Waals surface area (Å²) in [7, 11) is 3.76. The zero-order valence-corrected chi connectivity index (χ0v) is 17.9. The monoisotopic (exact) mass is 358 g/mol. The van der Waals surface area contributed by atoms with Crippen LogP contribution >= 0.6 is 21.6 Å². The summed E-state index contributed by atoms with van der Waals surface area (Å²) in [6, 6.07) is 13.7. The highest BCUT2D eigenvalue weighted by molar-refractivity contribution is 8.76. The fraction of sp³-hybridized carbons (Fsp3) is 0.455. The van der Waals surface area contributed by atoms with Gasteiger partial charge in [0.1, 0.15) is 0 Å². The lowest BCUT2D eigenvalue weighted by Gasteiger charge is -2.21. The predicted molar refractivity (Wildman–Crippen MR) is 111 cm³/mol. The Bertz CT molecular complexity index is 652. The summed E-state index contributed by atoms with van der Waals surface area (Å²) < 4.78 is 0. The van der Waals surface area contributed by atoms with Crippen molar-refractivity contribution >= 4 is 21.6 Å². The van der Waals surface area contributed by atoms with Gasteiger partial charge in [-0.15, -0.1) is 0 Å². The van der Waals surface area contributed by atoms with Crippen LogP contribution in [0.25, 0.3) is 0 Å². The Balaban J connectivity index is 2.25. The summed E-state index contributed by atoms with van der Waals surface area (Å²) in [6.45, 7) is 18.0. The van der Waals surface area contributed by atoms with Crippen molar-refractivity contribution in [2.75, 3.05) is 0 Å². The van der Waals surface area contributed by atoms with Gasteiger partial charge in [0.05, 0.1) is 0 Å². The fourth-order valence-electron chi connectivity index (χ4n) is 2.40. The van der Waals surface area contributed by atoms with Gasteiger partial charge in [-0.3, -0.25) is 0 Å². The molecule has 0 aliphatic carbocycles. The second-order valence-corrected chi connectivity index (χ2v) is 10.8. The second-order valence-electron chi connectivity index (χ2n) is 8.63. The van der Waals surface area contributed by atoms with E-state index in [2.05, 4.69) is 91.8 Å². The molecule has 2 aromatic rings. The average molecular weight is 359 g/mol. The molecule has 0 bridgehead atoms. The maximum atomic E-state index is 2.36. The van der Waals surface area contributed by atoms with E-state index in [1.807, 2.05) is 21.6 Å². The van der Waals surface area contributed by atoms with Crippen LogP contribution in [0, 0.1) is 13.8 Å². The summed E-state index contributed by atoms with van der Waals surface area (Å²) in [5.41, 5.74) is 5.88. The number of rotatable bonds is 3. The van der Waals surface area contributed by atoms with E-state index in [0.29, 0.717) is 0 Å². The zero-order chi connectivity index (χ0) is 18.1. The molecule has 130 valence electrons. The van der Waals surface area contributed by atoms with E-state index >= 15 is 0 Å². The van der Waals surface area contributed by atoms with Crippen molar-refractivity contribution in [2.24, 2.45) is 0 Å². The van der Waals surface area contributed by atoms with Crippen LogP contribution in [0.5, 0.6) is 0 Å². The number of aryl methyl sites for hydroxylation is 2. The van der Waals surface area contributed by atoms with Crippen LogP contribution in [0.2, 0.25) is 0 Å². The van der Waals surface area contributed by atoms with Gasteiger partial charge in [-0.05, 0) is 59.1 Å². The molecule has 0 nitrogen and oxygen atoms in total. The summed E-state index contributed by atoms with van der Waals surface area (Å²) in [6.07, 6.45) is 0. The molecule has 0 heterocycles. The molecule has 0 aliphatic heterocycles. The summed E-state index contributed by atoms with van der Waals surface area (Å²) >= 11 is 0. The molecule has 0 saturated carbocycles. The van der Waals surface area contributed by atoms with E-state index in [-0.39, 0.29) is 10.8 Å². The number of hydrogen-bond donors (Lipinski definition) is 0. The van der Waals surface area contributed by atoms with Gasteiger partial charge < -0.3 is 0 Å². The third kappa shape index (κ3) is 4.83. The van der Waals surface area contributed by atoms with Crippen molar-refractivity contribution in [3.63, 3.8) is 0 Å². The van der Waals surface area contributed by atoms with E-state index in [0.717, 1.165) is 0 Å². The number of benzene rings is 2. The van der Waals surface area contributed by atoms with Crippen LogP contribution < -0.4 is 0 Å². The van der Waals surface area contributed by atoms with E-state index < -0.39 is 0 Å². The van der Waals surface area contributed by atoms with Crippen LogP contribution in [0.15, 0.2) is 46.2 Å². The third-order valence-electron chi connectivity index (χ3n) is 4.33. The lowest BCUT2D eigenvalue weighted by molar-refractivity contribution is 0.588. The van der Waals surface area contributed by atoms with Gasteiger partial charge in [-0.2, -0.15) is 0 Å². The Morgan fingerprint density at radius 3 is 1.21 bits per heavy atom. The molecule has 2 heteroatoms. The minimum absolute atomic E-state index is 0.190. The van der Waals surface area contributed by atoms with E-state index in [4.69, 9.17) is 0 Å². The van der Waals surface area contributed by atoms with Gasteiger partial charge in [0.15, 0.2) is 0 Å². The lowest BCUT2D eigenvalue weighted by Crippen LogP contribution is -2.11. The minimum Gasteiger partial charge on any atom is -0.0582 e. The Hall–Kier alpha value is -0.860. The van der Waals surface area contributed by atoms with Crippen molar-refractivity contribution in [1.29, 1.82) is 0 Å². The fourth-order valence-corrected chi connectivity index (χ4v) is 4.95. The Labute approximate surface area is 156 Å². The van der Waals surface area contributed by atoms with E-state index in [9.17, 15) is 0 Å². The topological polar surface area (TPSA) is 0 Å². The molecule has 24 heavy (non-hydrogen) atoms. The molecule has 0 fully saturated rings.